The summed E-state index contributed by atoms with van der Waals surface area (Å²) in [6, 6.07) is 5.92. The van der Waals surface area contributed by atoms with Gasteiger partial charge in [-0.1, -0.05) is 6.07 Å². The molecule has 2 aromatic rings. The van der Waals surface area contributed by atoms with Gasteiger partial charge in [-0.25, -0.2) is 4.79 Å². The first-order valence-corrected chi connectivity index (χ1v) is 11.3. The summed E-state index contributed by atoms with van der Waals surface area (Å²) in [4.78, 5) is 31.4. The molecule has 8 heteroatoms. The maximum absolute atomic E-state index is 12.4. The number of nitrogens with one attached hydrogen (secondary N) is 1. The van der Waals surface area contributed by atoms with Gasteiger partial charge in [0.05, 0.1) is 12.2 Å². The Balaban J connectivity index is 1.37. The summed E-state index contributed by atoms with van der Waals surface area (Å²) in [5.41, 5.74) is 2.40. The first-order chi connectivity index (χ1) is 15.1. The van der Waals surface area contributed by atoms with Gasteiger partial charge in [0.15, 0.2) is 0 Å². The summed E-state index contributed by atoms with van der Waals surface area (Å²) in [6.45, 7) is 1.95. The Morgan fingerprint density at radius 3 is 2.97 bits per heavy atom. The van der Waals surface area contributed by atoms with Crippen LogP contribution in [0.3, 0.4) is 0 Å². The second kappa shape index (κ2) is 9.75. The predicted octanol–water partition coefficient (Wildman–Crippen LogP) is 4.00. The quantitative estimate of drug-likeness (QED) is 0.715. The molecule has 4 rings (SSSR count). The fourth-order valence-corrected chi connectivity index (χ4v) is 5.30. The number of thiophene rings is 1. The summed E-state index contributed by atoms with van der Waals surface area (Å²) in [6.07, 6.45) is 10.7. The molecule has 31 heavy (non-hydrogen) atoms. The molecule has 0 saturated carbocycles. The summed E-state index contributed by atoms with van der Waals surface area (Å²) < 4.78 is 5.53. The number of carbonyl (C=O) groups is 2. The minimum atomic E-state index is -0.282. The number of amides is 2. The number of fused-ring (bicyclic) bond motifs is 1. The summed E-state index contributed by atoms with van der Waals surface area (Å²) in [7, 11) is 0. The van der Waals surface area contributed by atoms with Crippen LogP contribution in [-0.4, -0.2) is 41.6 Å². The van der Waals surface area contributed by atoms with E-state index in [1.54, 1.807) is 29.4 Å². The number of rotatable bonds is 5. The molecule has 1 aliphatic carbocycles. The van der Waals surface area contributed by atoms with Crippen molar-refractivity contribution in [2.45, 2.75) is 32.1 Å². The van der Waals surface area contributed by atoms with E-state index in [4.69, 9.17) is 4.74 Å². The van der Waals surface area contributed by atoms with Gasteiger partial charge in [-0.15, -0.1) is 11.3 Å². The predicted molar refractivity (Wildman–Crippen MR) is 119 cm³/mol. The number of nitrogens with zero attached hydrogens (tertiary/aromatic N) is 3. The van der Waals surface area contributed by atoms with Crippen molar-refractivity contribution in [3.05, 3.63) is 52.2 Å². The van der Waals surface area contributed by atoms with Gasteiger partial charge >= 0.3 is 6.09 Å². The smallest absolute Gasteiger partial charge is 0.409 e. The largest absolute Gasteiger partial charge is 0.449 e. The molecule has 0 unspecified atom stereocenters. The molecule has 1 saturated heterocycles. The van der Waals surface area contributed by atoms with Crippen LogP contribution in [0.25, 0.3) is 6.08 Å². The van der Waals surface area contributed by atoms with E-state index in [9.17, 15) is 14.9 Å². The highest BCUT2D eigenvalue weighted by molar-refractivity contribution is 7.16. The Labute approximate surface area is 185 Å². The van der Waals surface area contributed by atoms with Gasteiger partial charge in [0.1, 0.15) is 11.1 Å². The molecule has 160 valence electrons. The number of nitriles is 1. The minimum absolute atomic E-state index is 0.222. The van der Waals surface area contributed by atoms with Crippen molar-refractivity contribution >= 4 is 34.4 Å². The lowest BCUT2D eigenvalue weighted by Crippen LogP contribution is -2.30. The number of pyridine rings is 1. The highest BCUT2D eigenvalue weighted by atomic mass is 32.1. The Morgan fingerprint density at radius 1 is 1.39 bits per heavy atom. The van der Waals surface area contributed by atoms with Crippen LogP contribution in [0.1, 0.15) is 40.8 Å². The van der Waals surface area contributed by atoms with Crippen LogP contribution in [0.5, 0.6) is 0 Å². The first-order valence-electron chi connectivity index (χ1n) is 10.5. The zero-order chi connectivity index (χ0) is 21.6. The topological polar surface area (TPSA) is 95.3 Å². The third-order valence-corrected chi connectivity index (χ3v) is 6.80. The van der Waals surface area contributed by atoms with Crippen molar-refractivity contribution in [1.82, 2.24) is 9.88 Å². The van der Waals surface area contributed by atoms with Crippen molar-refractivity contribution in [2.75, 3.05) is 25.0 Å². The Hall–Kier alpha value is -3.18. The van der Waals surface area contributed by atoms with Gasteiger partial charge in [-0.3, -0.25) is 9.78 Å². The van der Waals surface area contributed by atoms with Crippen LogP contribution >= 0.6 is 11.3 Å². The van der Waals surface area contributed by atoms with Crippen molar-refractivity contribution in [3.63, 3.8) is 0 Å². The maximum Gasteiger partial charge on any atom is 0.409 e. The SMILES string of the molecule is N#Cc1c(NC(=O)C=Cc2cccnc2)sc2c1CC[C@@H](COC(=O)N1CCCC1)C2. The first kappa shape index (κ1) is 21.1. The second-order valence-corrected chi connectivity index (χ2v) is 8.91. The molecule has 7 nitrogen and oxygen atoms in total. The lowest BCUT2D eigenvalue weighted by Gasteiger charge is -2.23. The monoisotopic (exact) mass is 436 g/mol. The molecule has 1 atom stereocenters. The van der Waals surface area contributed by atoms with E-state index >= 15 is 0 Å². The number of hydrogen-bond acceptors (Lipinski definition) is 6. The summed E-state index contributed by atoms with van der Waals surface area (Å²) >= 11 is 1.45. The Kier molecular flexibility index (Phi) is 6.63. The zero-order valence-corrected chi connectivity index (χ0v) is 18.0. The molecule has 2 aromatic heterocycles. The van der Waals surface area contributed by atoms with Gasteiger partial charge in [0.2, 0.25) is 5.91 Å². The zero-order valence-electron chi connectivity index (χ0n) is 17.2. The highest BCUT2D eigenvalue weighted by Crippen LogP contribution is 2.39. The lowest BCUT2D eigenvalue weighted by molar-refractivity contribution is -0.111. The van der Waals surface area contributed by atoms with E-state index in [1.807, 2.05) is 6.07 Å². The molecule has 2 aliphatic rings. The summed E-state index contributed by atoms with van der Waals surface area (Å²) in [5.74, 6) is -0.0479. The van der Waals surface area contributed by atoms with E-state index in [1.165, 1.54) is 17.4 Å². The third kappa shape index (κ3) is 5.12. The van der Waals surface area contributed by atoms with Crippen molar-refractivity contribution in [2.24, 2.45) is 5.92 Å². The molecule has 1 aliphatic heterocycles. The Morgan fingerprint density at radius 2 is 2.23 bits per heavy atom. The van der Waals surface area contributed by atoms with E-state index in [2.05, 4.69) is 16.4 Å². The van der Waals surface area contributed by atoms with E-state index < -0.39 is 0 Å². The molecule has 1 fully saturated rings. The van der Waals surface area contributed by atoms with Crippen LogP contribution in [0, 0.1) is 17.2 Å². The molecule has 0 spiro atoms. The standard InChI is InChI=1S/C23H24N4O3S/c24-13-19-18-7-5-17(15-30-23(29)27-10-1-2-11-27)12-20(18)31-22(19)26-21(28)8-6-16-4-3-9-25-14-16/h3-4,6,8-9,14,17H,1-2,5,7,10-12,15H2,(H,26,28)/t17-/m1/s1. The number of hydrogen-bond donors (Lipinski definition) is 1. The molecule has 1 N–H and O–H groups in total. The van der Waals surface area contributed by atoms with Gasteiger partial charge < -0.3 is 15.0 Å². The van der Waals surface area contributed by atoms with E-state index in [0.717, 1.165) is 61.2 Å². The lowest BCUT2D eigenvalue weighted by atomic mass is 9.88. The third-order valence-electron chi connectivity index (χ3n) is 5.63. The van der Waals surface area contributed by atoms with Crippen LogP contribution in [0.2, 0.25) is 0 Å². The van der Waals surface area contributed by atoms with Gasteiger partial charge in [-0.05, 0) is 61.3 Å². The second-order valence-electron chi connectivity index (χ2n) is 7.81. The van der Waals surface area contributed by atoms with Crippen molar-refractivity contribution in [3.8, 4) is 6.07 Å². The van der Waals surface area contributed by atoms with E-state index in [-0.39, 0.29) is 17.9 Å². The van der Waals surface area contributed by atoms with Crippen molar-refractivity contribution in [1.29, 1.82) is 5.26 Å². The maximum atomic E-state index is 12.4. The number of ether oxygens (including phenoxy) is 1. The molecular formula is C23H24N4O3S. The van der Waals surface area contributed by atoms with Crippen LogP contribution in [-0.2, 0) is 22.4 Å². The molecular weight excluding hydrogens is 412 g/mol. The van der Waals surface area contributed by atoms with Gasteiger partial charge in [0.25, 0.3) is 0 Å². The van der Waals surface area contributed by atoms with Crippen LogP contribution in [0.15, 0.2) is 30.6 Å². The Bertz CT molecular complexity index is 1020. The highest BCUT2D eigenvalue weighted by Gasteiger charge is 2.28. The average molecular weight is 437 g/mol. The normalized spacial score (nSPS) is 17.9. The van der Waals surface area contributed by atoms with Crippen LogP contribution < -0.4 is 5.32 Å². The average Bonchev–Trinajstić information content (AvgIpc) is 3.44. The fourth-order valence-electron chi connectivity index (χ4n) is 3.98. The van der Waals surface area contributed by atoms with Crippen LogP contribution in [0.4, 0.5) is 9.80 Å². The molecule has 2 amide bonds. The van der Waals surface area contributed by atoms with Crippen molar-refractivity contribution < 1.29 is 14.3 Å². The fraction of sp³-hybridized carbons (Fsp3) is 0.391. The number of aromatic nitrogens is 1. The number of carbonyl (C=O) groups excluding carboxylic acids is 2. The molecule has 0 bridgehead atoms. The minimum Gasteiger partial charge on any atom is -0.449 e. The molecule has 0 aromatic carbocycles. The van der Waals surface area contributed by atoms with Gasteiger partial charge in [-0.2, -0.15) is 5.26 Å². The van der Waals surface area contributed by atoms with Gasteiger partial charge in [0, 0.05) is 36.4 Å². The number of anilines is 1. The molecule has 0 radical (unpaired) electrons. The number of likely N-dealkylation sites (tertiary alicyclic amines) is 1. The molecule has 3 heterocycles. The summed E-state index contributed by atoms with van der Waals surface area (Å²) in [5, 5.41) is 13.1. The van der Waals surface area contributed by atoms with E-state index in [0.29, 0.717) is 17.2 Å².